The van der Waals surface area contributed by atoms with Gasteiger partial charge in [-0.3, -0.25) is 38.3 Å². The molecule has 5 fully saturated rings. The minimum absolute atomic E-state index is 0.0270. The molecule has 5 atom stereocenters. The van der Waals surface area contributed by atoms with E-state index in [0.717, 1.165) is 116 Å². The third kappa shape index (κ3) is 21.9. The maximum atomic E-state index is 14.0. The van der Waals surface area contributed by atoms with E-state index in [1.165, 1.54) is 16.3 Å². The minimum Gasteiger partial charge on any atom is -0.379 e. The smallest absolute Gasteiger partial charge is 0.272 e. The molecule has 10 aromatic rings. The van der Waals surface area contributed by atoms with Gasteiger partial charge in [-0.15, -0.1) is 0 Å². The SMILES string of the molecule is Cc1ccc2c(C(C)(C)NC(=O)[C@@H]3CNCCO3)nn(C)c2c1.Cc1ncc(C(C)(C)NC(=O)[C@@H]2CNCCO2)c2ccccc12.Cc1nnc(C(C)(C)NC(=O)C2CNCCOC2)c2ccccc12.Cc1nnc(C(C)(C)NC(=O)[C@@H]2CNCCO2)c2ccccc12.Cn1nc(C(C)(C)NC(=O)[C@@H]2CNCCO2)c2cccc(C(C)(F)F)c21. The van der Waals surface area contributed by atoms with E-state index >= 15 is 0 Å². The molecule has 5 aromatic heterocycles. The fourth-order valence-electron chi connectivity index (χ4n) is 15.3. The lowest BCUT2D eigenvalue weighted by Gasteiger charge is -2.31. The summed E-state index contributed by atoms with van der Waals surface area (Å²) in [4.78, 5) is 67.1. The number of benzene rings is 5. The molecule has 10 heterocycles. The highest BCUT2D eigenvalue weighted by Crippen LogP contribution is 2.38. The lowest BCUT2D eigenvalue weighted by Crippen LogP contribution is -2.52. The Kier molecular flexibility index (Phi) is 29.1. The number of nitrogens with one attached hydrogen (secondary N) is 10. The van der Waals surface area contributed by atoms with Gasteiger partial charge in [0, 0.05) is 147 Å². The fraction of sp³-hybridized carbons (Fsp3) is 0.500. The van der Waals surface area contributed by atoms with Crippen LogP contribution in [0.5, 0.6) is 0 Å². The first-order chi connectivity index (χ1) is 56.5. The number of para-hydroxylation sites is 1. The van der Waals surface area contributed by atoms with E-state index in [9.17, 15) is 32.8 Å². The second kappa shape index (κ2) is 38.6. The molecule has 1 unspecified atom stereocenters. The third-order valence-corrected chi connectivity index (χ3v) is 21.7. The van der Waals surface area contributed by atoms with E-state index in [-0.39, 0.29) is 41.0 Å². The Morgan fingerprint density at radius 1 is 0.395 bits per heavy atom. The molecule has 5 saturated heterocycles. The highest BCUT2D eigenvalue weighted by Gasteiger charge is 2.39. The van der Waals surface area contributed by atoms with Crippen LogP contribution in [0.15, 0.2) is 115 Å². The monoisotopic (exact) mass is 1640 g/mol. The maximum absolute atomic E-state index is 14.0. The number of fused-ring (bicyclic) bond motifs is 5. The molecule has 5 aromatic carbocycles. The third-order valence-electron chi connectivity index (χ3n) is 21.7. The predicted octanol–water partition coefficient (Wildman–Crippen LogP) is 7.93. The van der Waals surface area contributed by atoms with Gasteiger partial charge >= 0.3 is 0 Å². The van der Waals surface area contributed by atoms with E-state index in [1.54, 1.807) is 33.0 Å². The zero-order chi connectivity index (χ0) is 85.8. The van der Waals surface area contributed by atoms with Crippen LogP contribution < -0.4 is 53.2 Å². The van der Waals surface area contributed by atoms with Crippen LogP contribution >= 0.6 is 0 Å². The topological polar surface area (TPSA) is 352 Å². The summed E-state index contributed by atoms with van der Waals surface area (Å²) in [6.07, 6.45) is -0.0630. The number of aromatic nitrogens is 9. The van der Waals surface area contributed by atoms with E-state index in [0.29, 0.717) is 95.5 Å². The molecule has 0 bridgehead atoms. The lowest BCUT2D eigenvalue weighted by atomic mass is 9.90. The van der Waals surface area contributed by atoms with E-state index < -0.39 is 58.0 Å². The highest BCUT2D eigenvalue weighted by atomic mass is 19.3. The van der Waals surface area contributed by atoms with E-state index in [1.807, 2.05) is 155 Å². The second-order valence-electron chi connectivity index (χ2n) is 33.5. The van der Waals surface area contributed by atoms with Crippen molar-refractivity contribution >= 4 is 83.7 Å². The van der Waals surface area contributed by atoms with Gasteiger partial charge in [0.25, 0.3) is 29.6 Å². The molecule has 5 amide bonds. The average molecular weight is 1640 g/mol. The van der Waals surface area contributed by atoms with Gasteiger partial charge in [0.15, 0.2) is 0 Å². The summed E-state index contributed by atoms with van der Waals surface area (Å²) in [5, 5.41) is 65.5. The van der Waals surface area contributed by atoms with Crippen molar-refractivity contribution in [1.82, 2.24) is 98.1 Å². The summed E-state index contributed by atoms with van der Waals surface area (Å²) in [5.41, 5.74) is 6.04. The number of halogens is 2. The van der Waals surface area contributed by atoms with Crippen LogP contribution in [0.4, 0.5) is 8.78 Å². The zero-order valence-corrected chi connectivity index (χ0v) is 71.5. The first-order valence-electron chi connectivity index (χ1n) is 40.7. The van der Waals surface area contributed by atoms with E-state index in [2.05, 4.69) is 126 Å². The molecule has 0 radical (unpaired) electrons. The number of morpholine rings is 4. The molecular formula is C88H117F2N19O10. The van der Waals surface area contributed by atoms with E-state index in [4.69, 9.17) is 23.7 Å². The Balaban J connectivity index is 0.000000146. The highest BCUT2D eigenvalue weighted by molar-refractivity contribution is 5.93. The van der Waals surface area contributed by atoms with Gasteiger partial charge in [-0.05, 0) is 114 Å². The molecule has 15 rings (SSSR count). The van der Waals surface area contributed by atoms with Gasteiger partial charge < -0.3 is 76.9 Å². The number of aryl methyl sites for hydroxylation is 6. The molecule has 5 aliphatic heterocycles. The van der Waals surface area contributed by atoms with Crippen molar-refractivity contribution in [2.45, 2.75) is 162 Å². The van der Waals surface area contributed by atoms with Crippen molar-refractivity contribution in [2.24, 2.45) is 20.0 Å². The number of carbonyl (C=O) groups excluding carboxylic acids is 5. The van der Waals surface area contributed by atoms with Crippen LogP contribution in [0.25, 0.3) is 54.1 Å². The molecular weight excluding hydrogens is 1520 g/mol. The van der Waals surface area contributed by atoms with Crippen LogP contribution in [0.3, 0.4) is 0 Å². The number of hydrogen-bond acceptors (Lipinski definition) is 22. The van der Waals surface area contributed by atoms with Crippen molar-refractivity contribution < 1.29 is 56.4 Å². The molecule has 0 spiro atoms. The van der Waals surface area contributed by atoms with Gasteiger partial charge in [0.1, 0.15) is 24.4 Å². The predicted molar refractivity (Wildman–Crippen MR) is 454 cm³/mol. The summed E-state index contributed by atoms with van der Waals surface area (Å²) < 4.78 is 58.8. The largest absolute Gasteiger partial charge is 0.379 e. The molecule has 119 heavy (non-hydrogen) atoms. The molecule has 0 saturated carbocycles. The van der Waals surface area contributed by atoms with Gasteiger partial charge in [-0.1, -0.05) is 103 Å². The normalized spacial score (nSPS) is 18.9. The summed E-state index contributed by atoms with van der Waals surface area (Å²) in [7, 11) is 3.56. The van der Waals surface area contributed by atoms with Crippen molar-refractivity contribution in [3.05, 3.63) is 172 Å². The van der Waals surface area contributed by atoms with Crippen molar-refractivity contribution in [1.29, 1.82) is 0 Å². The zero-order valence-electron chi connectivity index (χ0n) is 71.5. The molecule has 5 aliphatic rings. The van der Waals surface area contributed by atoms with Crippen LogP contribution in [0.1, 0.15) is 133 Å². The van der Waals surface area contributed by atoms with Crippen molar-refractivity contribution in [3.63, 3.8) is 0 Å². The number of alkyl halides is 2. The van der Waals surface area contributed by atoms with Gasteiger partial charge in [0.2, 0.25) is 5.91 Å². The summed E-state index contributed by atoms with van der Waals surface area (Å²) in [5.74, 6) is -3.79. The Hall–Kier alpha value is -10.1. The Morgan fingerprint density at radius 2 is 0.773 bits per heavy atom. The Labute approximate surface area is 693 Å². The summed E-state index contributed by atoms with van der Waals surface area (Å²) >= 11 is 0. The summed E-state index contributed by atoms with van der Waals surface area (Å²) in [6.45, 7) is 37.9. The minimum atomic E-state index is -2.99. The number of ether oxygens (including phenoxy) is 5. The molecule has 29 nitrogen and oxygen atoms in total. The van der Waals surface area contributed by atoms with Crippen LogP contribution in [0.2, 0.25) is 0 Å². The van der Waals surface area contributed by atoms with Gasteiger partial charge in [-0.2, -0.15) is 30.6 Å². The number of carbonyl (C=O) groups is 5. The molecule has 0 aliphatic carbocycles. The molecule has 10 N–H and O–H groups in total. The Morgan fingerprint density at radius 3 is 1.22 bits per heavy atom. The fourth-order valence-corrected chi connectivity index (χ4v) is 15.3. The number of hydrogen-bond donors (Lipinski definition) is 10. The van der Waals surface area contributed by atoms with Crippen LogP contribution in [-0.2, 0) is 95.4 Å². The standard InChI is InChI=1S/C18H24F2N4O2.C18H24N4O2.C18H23N3O2.C17H24N4O2.C17H22N4O2/c1-17(2,22-16(25)13-10-21-8-9-26-13)15-11-6-5-7-12(18(3,19)20)14(11)24(4)23-15;1-12-14-6-4-5-7-15(14)16(22-21-12)18(2,3)20-17(23)13-10-19-8-9-24-11-13;1-12-13-6-4-5-7-14(13)15(10-20-12)18(2,3)21-17(22)16-11-19-8-9-23-16;1-11-5-6-12-13(9-11)21(4)20-15(12)17(2,3)19-16(22)14-10-18-7-8-23-14;1-11-12-6-4-5-7-13(12)15(21-20-11)17(2,3)19-16(22)14-10-18-8-9-23-14/h5-7,13,21H,8-10H2,1-4H3,(H,22,25);4-7,13,19H,8-11H2,1-3H3,(H,20,23);4-7,10,16,19H,8-9,11H2,1-3H3,(H,21,22);5-6,9,14,18H,7-8,10H2,1-4H3,(H,19,22);4-7,14,18H,8-10H2,1-3H3,(H,19,22)/t13-;;16-;2*14-/m0.000/s1. The number of pyridine rings is 1. The first kappa shape index (κ1) is 89.7. The molecule has 638 valence electrons. The summed E-state index contributed by atoms with van der Waals surface area (Å²) in [6, 6.07) is 35.2. The van der Waals surface area contributed by atoms with Crippen molar-refractivity contribution in [3.8, 4) is 0 Å². The van der Waals surface area contributed by atoms with Crippen molar-refractivity contribution in [2.75, 3.05) is 105 Å². The quantitative estimate of drug-likeness (QED) is 0.0439. The van der Waals surface area contributed by atoms with Crippen LogP contribution in [-0.4, -0.2) is 204 Å². The number of rotatable bonds is 16. The molecule has 31 heteroatoms. The first-order valence-corrected chi connectivity index (χ1v) is 40.7. The van der Waals surface area contributed by atoms with Gasteiger partial charge in [-0.25, -0.2) is 8.78 Å². The average Bonchev–Trinajstić information content (AvgIpc) is 1.69. The number of nitrogens with zero attached hydrogens (tertiary/aromatic N) is 9. The van der Waals surface area contributed by atoms with Crippen LogP contribution in [0, 0.1) is 33.6 Å². The maximum Gasteiger partial charge on any atom is 0.272 e. The Bertz CT molecular complexity index is 5100. The number of amides is 5. The van der Waals surface area contributed by atoms with Gasteiger partial charge in [0.05, 0.1) is 118 Å². The second-order valence-corrected chi connectivity index (χ2v) is 33.5. The lowest BCUT2D eigenvalue weighted by molar-refractivity contribution is -0.136.